The van der Waals surface area contributed by atoms with Gasteiger partial charge in [-0.1, -0.05) is 0 Å². The number of hydrogen-bond acceptors (Lipinski definition) is 6. The minimum Gasteiger partial charge on any atom is -0.508 e. The van der Waals surface area contributed by atoms with E-state index in [1.165, 1.54) is 0 Å². The molecule has 1 N–H and O–H groups in total. The zero-order valence-corrected chi connectivity index (χ0v) is 14.8. The van der Waals surface area contributed by atoms with E-state index in [-0.39, 0.29) is 24.3 Å². The van der Waals surface area contributed by atoms with Gasteiger partial charge in [-0.3, -0.25) is 19.4 Å². The predicted molar refractivity (Wildman–Crippen MR) is 96.3 cm³/mol. The summed E-state index contributed by atoms with van der Waals surface area (Å²) in [7, 11) is 1.78. The highest BCUT2D eigenvalue weighted by Gasteiger charge is 2.34. The number of aromatic nitrogens is 4. The largest absolute Gasteiger partial charge is 0.508 e. The lowest BCUT2D eigenvalue weighted by atomic mass is 10.0. The van der Waals surface area contributed by atoms with Gasteiger partial charge in [0.2, 0.25) is 0 Å². The summed E-state index contributed by atoms with van der Waals surface area (Å²) in [6.45, 7) is 0.769. The standard InChI is InChI=1S/C19H19N5O3/c1-23-11-13(10-22-23)19(26)24-9-6-16-18(21-8-7-20-16)17(24)12-27-15-4-2-14(25)3-5-15/h2-5,7-8,10-11,17,25H,6,9,12H2,1H3. The Morgan fingerprint density at radius 2 is 2.04 bits per heavy atom. The number of rotatable bonds is 4. The molecular formula is C19H19N5O3. The number of ether oxygens (including phenoxy) is 1. The van der Waals surface area contributed by atoms with Gasteiger partial charge in [0, 0.05) is 38.6 Å². The van der Waals surface area contributed by atoms with Gasteiger partial charge in [-0.05, 0) is 24.3 Å². The maximum absolute atomic E-state index is 13.0. The van der Waals surface area contributed by atoms with Crippen LogP contribution >= 0.6 is 0 Å². The van der Waals surface area contributed by atoms with Gasteiger partial charge in [-0.15, -0.1) is 0 Å². The highest BCUT2D eigenvalue weighted by molar-refractivity contribution is 5.94. The average Bonchev–Trinajstić information content (AvgIpc) is 3.13. The molecule has 1 aromatic carbocycles. The topological polar surface area (TPSA) is 93.4 Å². The van der Waals surface area contributed by atoms with Crippen molar-refractivity contribution in [3.63, 3.8) is 0 Å². The third-order valence-corrected chi connectivity index (χ3v) is 4.54. The number of carbonyl (C=O) groups is 1. The molecular weight excluding hydrogens is 346 g/mol. The molecule has 4 rings (SSSR count). The molecule has 0 fully saturated rings. The van der Waals surface area contributed by atoms with Crippen LogP contribution < -0.4 is 4.74 Å². The van der Waals surface area contributed by atoms with E-state index in [0.29, 0.717) is 24.3 Å². The summed E-state index contributed by atoms with van der Waals surface area (Å²) >= 11 is 0. The van der Waals surface area contributed by atoms with E-state index in [1.54, 1.807) is 65.7 Å². The van der Waals surface area contributed by atoms with E-state index in [2.05, 4.69) is 15.1 Å². The summed E-state index contributed by atoms with van der Waals surface area (Å²) < 4.78 is 7.49. The highest BCUT2D eigenvalue weighted by atomic mass is 16.5. The zero-order valence-electron chi connectivity index (χ0n) is 14.8. The van der Waals surface area contributed by atoms with Crippen molar-refractivity contribution in [2.24, 2.45) is 7.05 Å². The molecule has 2 aromatic heterocycles. The fraction of sp³-hybridized carbons (Fsp3) is 0.263. The number of hydrogen-bond donors (Lipinski definition) is 1. The van der Waals surface area contributed by atoms with Crippen LogP contribution in [-0.2, 0) is 13.5 Å². The molecule has 0 radical (unpaired) electrons. The lowest BCUT2D eigenvalue weighted by Gasteiger charge is -2.35. The monoisotopic (exact) mass is 365 g/mol. The summed E-state index contributed by atoms with van der Waals surface area (Å²) in [5.41, 5.74) is 2.16. The minimum atomic E-state index is -0.357. The van der Waals surface area contributed by atoms with E-state index in [4.69, 9.17) is 4.74 Å². The van der Waals surface area contributed by atoms with Crippen molar-refractivity contribution in [1.82, 2.24) is 24.6 Å². The highest BCUT2D eigenvalue weighted by Crippen LogP contribution is 2.29. The summed E-state index contributed by atoms with van der Waals surface area (Å²) in [6.07, 6.45) is 7.20. The van der Waals surface area contributed by atoms with Gasteiger partial charge < -0.3 is 14.7 Å². The Morgan fingerprint density at radius 1 is 1.26 bits per heavy atom. The molecule has 1 unspecified atom stereocenters. The van der Waals surface area contributed by atoms with Crippen molar-refractivity contribution in [3.8, 4) is 11.5 Å². The molecule has 8 heteroatoms. The maximum atomic E-state index is 13.0. The summed E-state index contributed by atoms with van der Waals surface area (Å²) in [6, 6.07) is 6.13. The van der Waals surface area contributed by atoms with E-state index >= 15 is 0 Å². The number of aromatic hydroxyl groups is 1. The first kappa shape index (κ1) is 17.0. The number of carbonyl (C=O) groups excluding carboxylic acids is 1. The van der Waals surface area contributed by atoms with Gasteiger partial charge in [0.15, 0.2) is 0 Å². The summed E-state index contributed by atoms with van der Waals surface area (Å²) in [5.74, 6) is 0.668. The number of amides is 1. The summed E-state index contributed by atoms with van der Waals surface area (Å²) in [4.78, 5) is 23.6. The van der Waals surface area contributed by atoms with Crippen molar-refractivity contribution >= 4 is 5.91 Å². The molecule has 138 valence electrons. The van der Waals surface area contributed by atoms with Gasteiger partial charge in [0.25, 0.3) is 5.91 Å². The quantitative estimate of drug-likeness (QED) is 0.757. The van der Waals surface area contributed by atoms with Crippen LogP contribution in [-0.4, -0.2) is 48.8 Å². The molecule has 3 aromatic rings. The SMILES string of the molecule is Cn1cc(C(=O)N2CCc3nccnc3C2COc2ccc(O)cc2)cn1. The van der Waals surface area contributed by atoms with Crippen LogP contribution in [0.2, 0.25) is 0 Å². The number of aryl methyl sites for hydroxylation is 1. The Bertz CT molecular complexity index is 954. The normalized spacial score (nSPS) is 16.0. The molecule has 0 bridgehead atoms. The fourth-order valence-electron chi connectivity index (χ4n) is 3.21. The minimum absolute atomic E-state index is 0.112. The van der Waals surface area contributed by atoms with Crippen molar-refractivity contribution < 1.29 is 14.6 Å². The lowest BCUT2D eigenvalue weighted by Crippen LogP contribution is -2.43. The van der Waals surface area contributed by atoms with Crippen LogP contribution in [0.5, 0.6) is 11.5 Å². The predicted octanol–water partition coefficient (Wildman–Crippen LogP) is 1.73. The van der Waals surface area contributed by atoms with Crippen LogP contribution in [0.1, 0.15) is 27.8 Å². The molecule has 0 spiro atoms. The first-order valence-electron chi connectivity index (χ1n) is 8.63. The molecule has 1 aliphatic heterocycles. The molecule has 0 aliphatic carbocycles. The molecule has 1 aliphatic rings. The lowest BCUT2D eigenvalue weighted by molar-refractivity contribution is 0.0579. The van der Waals surface area contributed by atoms with Gasteiger partial charge in [-0.25, -0.2) is 0 Å². The van der Waals surface area contributed by atoms with Crippen molar-refractivity contribution in [3.05, 3.63) is 66.0 Å². The van der Waals surface area contributed by atoms with E-state index in [1.807, 2.05) is 0 Å². The Morgan fingerprint density at radius 3 is 2.78 bits per heavy atom. The number of nitrogens with zero attached hydrogens (tertiary/aromatic N) is 5. The van der Waals surface area contributed by atoms with Gasteiger partial charge in [-0.2, -0.15) is 5.10 Å². The second-order valence-corrected chi connectivity index (χ2v) is 6.36. The number of phenolic OH excluding ortho intramolecular Hbond substituents is 1. The number of phenols is 1. The molecule has 3 heterocycles. The molecule has 0 saturated heterocycles. The van der Waals surface area contributed by atoms with Crippen LogP contribution in [0.3, 0.4) is 0 Å². The van der Waals surface area contributed by atoms with E-state index in [9.17, 15) is 9.90 Å². The van der Waals surface area contributed by atoms with Crippen molar-refractivity contribution in [1.29, 1.82) is 0 Å². The van der Waals surface area contributed by atoms with Crippen LogP contribution in [0, 0.1) is 0 Å². The molecule has 1 atom stereocenters. The average molecular weight is 365 g/mol. The molecule has 27 heavy (non-hydrogen) atoms. The Hall–Kier alpha value is -3.42. The first-order chi connectivity index (χ1) is 13.1. The van der Waals surface area contributed by atoms with Crippen molar-refractivity contribution in [2.45, 2.75) is 12.5 Å². The summed E-state index contributed by atoms with van der Waals surface area (Å²) in [5, 5.41) is 13.5. The Kier molecular flexibility index (Phi) is 4.45. The second-order valence-electron chi connectivity index (χ2n) is 6.36. The molecule has 0 saturated carbocycles. The van der Waals surface area contributed by atoms with Crippen molar-refractivity contribution in [2.75, 3.05) is 13.2 Å². The van der Waals surface area contributed by atoms with Crippen LogP contribution in [0.25, 0.3) is 0 Å². The second kappa shape index (κ2) is 7.06. The van der Waals surface area contributed by atoms with Gasteiger partial charge >= 0.3 is 0 Å². The Labute approximate surface area is 156 Å². The third kappa shape index (κ3) is 3.46. The smallest absolute Gasteiger partial charge is 0.257 e. The van der Waals surface area contributed by atoms with Gasteiger partial charge in [0.05, 0.1) is 23.1 Å². The molecule has 1 amide bonds. The maximum Gasteiger partial charge on any atom is 0.257 e. The van der Waals surface area contributed by atoms with Gasteiger partial charge in [0.1, 0.15) is 24.1 Å². The van der Waals surface area contributed by atoms with E-state index in [0.717, 1.165) is 11.4 Å². The third-order valence-electron chi connectivity index (χ3n) is 4.54. The van der Waals surface area contributed by atoms with E-state index < -0.39 is 0 Å². The number of fused-ring (bicyclic) bond motifs is 1. The zero-order chi connectivity index (χ0) is 18.8. The first-order valence-corrected chi connectivity index (χ1v) is 8.63. The Balaban J connectivity index is 1.61. The van der Waals surface area contributed by atoms with Crippen LogP contribution in [0.4, 0.5) is 0 Å². The molecule has 8 nitrogen and oxygen atoms in total. The van der Waals surface area contributed by atoms with Crippen LogP contribution in [0.15, 0.2) is 49.1 Å². The number of benzene rings is 1. The fourth-order valence-corrected chi connectivity index (χ4v) is 3.21.